The summed E-state index contributed by atoms with van der Waals surface area (Å²) in [6, 6.07) is 5.38. The van der Waals surface area contributed by atoms with E-state index in [9.17, 15) is 13.6 Å². The van der Waals surface area contributed by atoms with E-state index in [-0.39, 0.29) is 11.9 Å². The number of ether oxygens (including phenoxy) is 1. The van der Waals surface area contributed by atoms with Crippen molar-refractivity contribution in [3.05, 3.63) is 24.4 Å². The van der Waals surface area contributed by atoms with Crippen LogP contribution < -0.4 is 10.1 Å². The molecule has 3 aromatic heterocycles. The SMILES string of the molecule is COc1nc(N[C@H]2CCC(=O)N(C)C2)nc2[nH]cc(-c3ccc4nnn(CC(F)F)c4c3)c12. The number of fused-ring (bicyclic) bond motifs is 2. The molecule has 12 heteroatoms. The van der Waals surface area contributed by atoms with E-state index < -0.39 is 13.0 Å². The number of hydrogen-bond acceptors (Lipinski definition) is 7. The number of nitrogens with one attached hydrogen (secondary N) is 2. The summed E-state index contributed by atoms with van der Waals surface area (Å²) >= 11 is 0. The maximum absolute atomic E-state index is 12.9. The number of benzene rings is 1. The summed E-state index contributed by atoms with van der Waals surface area (Å²) in [5, 5.41) is 11.7. The third-order valence-electron chi connectivity index (χ3n) is 5.79. The molecule has 5 rings (SSSR count). The predicted octanol–water partition coefficient (Wildman–Crippen LogP) is 2.68. The molecule has 1 amide bonds. The first-order valence-electron chi connectivity index (χ1n) is 10.5. The molecule has 0 bridgehead atoms. The van der Waals surface area contributed by atoms with Gasteiger partial charge in [0.1, 0.15) is 17.7 Å². The van der Waals surface area contributed by atoms with Crippen LogP contribution in [0.15, 0.2) is 24.4 Å². The first-order valence-corrected chi connectivity index (χ1v) is 10.5. The fraction of sp³-hybridized carbons (Fsp3) is 0.381. The van der Waals surface area contributed by atoms with Gasteiger partial charge in [-0.2, -0.15) is 9.97 Å². The van der Waals surface area contributed by atoms with Gasteiger partial charge in [-0.25, -0.2) is 13.5 Å². The van der Waals surface area contributed by atoms with Crippen LogP contribution in [0.1, 0.15) is 12.8 Å². The number of methoxy groups -OCH3 is 1. The van der Waals surface area contributed by atoms with Crippen LogP contribution in [0, 0.1) is 0 Å². The van der Waals surface area contributed by atoms with Gasteiger partial charge in [0, 0.05) is 37.8 Å². The van der Waals surface area contributed by atoms with Crippen LogP contribution in [-0.4, -0.2) is 73.9 Å². The molecule has 0 spiro atoms. The smallest absolute Gasteiger partial charge is 0.258 e. The minimum absolute atomic E-state index is 0.0364. The zero-order chi connectivity index (χ0) is 23.1. The summed E-state index contributed by atoms with van der Waals surface area (Å²) in [4.78, 5) is 25.7. The highest BCUT2D eigenvalue weighted by Gasteiger charge is 2.24. The number of likely N-dealkylation sites (N-methyl/N-ethyl adjacent to an activating group) is 1. The van der Waals surface area contributed by atoms with Crippen molar-refractivity contribution in [3.63, 3.8) is 0 Å². The number of halogens is 2. The number of piperidine rings is 1. The number of hydrogen-bond donors (Lipinski definition) is 2. The molecule has 2 N–H and O–H groups in total. The van der Waals surface area contributed by atoms with Gasteiger partial charge in [-0.15, -0.1) is 5.10 Å². The lowest BCUT2D eigenvalue weighted by Gasteiger charge is -2.30. The summed E-state index contributed by atoms with van der Waals surface area (Å²) in [5.74, 6) is 0.895. The van der Waals surface area contributed by atoms with Crippen molar-refractivity contribution < 1.29 is 18.3 Å². The van der Waals surface area contributed by atoms with Crippen molar-refractivity contribution in [2.45, 2.75) is 31.9 Å². The number of amides is 1. The predicted molar refractivity (Wildman–Crippen MR) is 117 cm³/mol. The number of rotatable bonds is 6. The molecule has 1 fully saturated rings. The number of carbonyl (C=O) groups is 1. The highest BCUT2D eigenvalue weighted by atomic mass is 19.3. The number of carbonyl (C=O) groups excluding carboxylic acids is 1. The molecule has 33 heavy (non-hydrogen) atoms. The molecule has 1 aliphatic rings. The topological polar surface area (TPSA) is 114 Å². The van der Waals surface area contributed by atoms with Crippen molar-refractivity contribution in [1.82, 2.24) is 34.8 Å². The third-order valence-corrected chi connectivity index (χ3v) is 5.79. The van der Waals surface area contributed by atoms with E-state index in [4.69, 9.17) is 4.74 Å². The van der Waals surface area contributed by atoms with Gasteiger partial charge in [0.15, 0.2) is 0 Å². The summed E-state index contributed by atoms with van der Waals surface area (Å²) in [6.07, 6.45) is 0.414. The molecule has 172 valence electrons. The Labute approximate surface area is 186 Å². The van der Waals surface area contributed by atoms with Gasteiger partial charge in [-0.3, -0.25) is 4.79 Å². The summed E-state index contributed by atoms with van der Waals surface area (Å²) < 4.78 is 32.6. The largest absolute Gasteiger partial charge is 0.480 e. The second kappa shape index (κ2) is 8.26. The Balaban J connectivity index is 1.51. The van der Waals surface area contributed by atoms with Gasteiger partial charge < -0.3 is 19.9 Å². The Morgan fingerprint density at radius 1 is 1.33 bits per heavy atom. The van der Waals surface area contributed by atoms with Crippen molar-refractivity contribution in [3.8, 4) is 17.0 Å². The molecular weight excluding hydrogens is 434 g/mol. The first kappa shape index (κ1) is 21.0. The standard InChI is InChI=1S/C21H22F2N8O2/c1-30-9-12(4-6-17(30)32)25-21-26-19-18(20(27-21)33-2)13(8-24-19)11-3-5-14-15(7-11)31(29-28-14)10-16(22)23/h3,5,7-8,12,16H,4,6,9-10H2,1-2H3,(H2,24,25,26,27)/t12-/m0/s1. The Bertz CT molecular complexity index is 1330. The molecule has 1 aliphatic heterocycles. The number of H-pyrrole nitrogens is 1. The van der Waals surface area contributed by atoms with E-state index >= 15 is 0 Å². The van der Waals surface area contributed by atoms with Crippen LogP contribution in [0.3, 0.4) is 0 Å². The molecule has 0 aliphatic carbocycles. The average molecular weight is 456 g/mol. The maximum atomic E-state index is 12.9. The van der Waals surface area contributed by atoms with Gasteiger partial charge in [0.25, 0.3) is 6.43 Å². The van der Waals surface area contributed by atoms with Crippen molar-refractivity contribution in [2.24, 2.45) is 0 Å². The van der Waals surface area contributed by atoms with E-state index in [0.717, 1.165) is 11.1 Å². The molecule has 1 atom stereocenters. The van der Waals surface area contributed by atoms with Crippen LogP contribution >= 0.6 is 0 Å². The molecule has 10 nitrogen and oxygen atoms in total. The zero-order valence-corrected chi connectivity index (χ0v) is 18.0. The summed E-state index contributed by atoms with van der Waals surface area (Å²) in [5.41, 5.74) is 3.14. The lowest BCUT2D eigenvalue weighted by Crippen LogP contribution is -2.43. The molecule has 1 saturated heterocycles. The number of nitrogens with zero attached hydrogens (tertiary/aromatic N) is 6. The second-order valence-corrected chi connectivity index (χ2v) is 8.00. The Morgan fingerprint density at radius 2 is 2.18 bits per heavy atom. The number of anilines is 1. The van der Waals surface area contributed by atoms with Crippen LogP contribution in [0.5, 0.6) is 5.88 Å². The highest BCUT2D eigenvalue weighted by molar-refractivity contribution is 5.99. The van der Waals surface area contributed by atoms with Crippen LogP contribution in [0.25, 0.3) is 33.2 Å². The molecular formula is C21H22F2N8O2. The Morgan fingerprint density at radius 3 is 2.94 bits per heavy atom. The zero-order valence-electron chi connectivity index (χ0n) is 18.0. The minimum Gasteiger partial charge on any atom is -0.480 e. The number of aromatic nitrogens is 6. The fourth-order valence-corrected chi connectivity index (χ4v) is 4.15. The van der Waals surface area contributed by atoms with Crippen LogP contribution in [0.4, 0.5) is 14.7 Å². The lowest BCUT2D eigenvalue weighted by atomic mass is 10.1. The Hall–Kier alpha value is -3.83. The fourth-order valence-electron chi connectivity index (χ4n) is 4.15. The molecule has 1 aromatic carbocycles. The van der Waals surface area contributed by atoms with E-state index in [1.165, 1.54) is 11.8 Å². The number of aromatic amines is 1. The first-order chi connectivity index (χ1) is 15.9. The Kier molecular flexibility index (Phi) is 5.27. The van der Waals surface area contributed by atoms with E-state index in [2.05, 4.69) is 30.6 Å². The summed E-state index contributed by atoms with van der Waals surface area (Å²) in [6.45, 7) is 0.0378. The van der Waals surface area contributed by atoms with E-state index in [0.29, 0.717) is 53.3 Å². The quantitative estimate of drug-likeness (QED) is 0.459. The second-order valence-electron chi connectivity index (χ2n) is 8.00. The highest BCUT2D eigenvalue weighted by Crippen LogP contribution is 2.35. The molecule has 0 unspecified atom stereocenters. The molecule has 4 aromatic rings. The van der Waals surface area contributed by atoms with Crippen molar-refractivity contribution in [1.29, 1.82) is 0 Å². The third kappa shape index (κ3) is 3.92. The normalized spacial score (nSPS) is 16.8. The van der Waals surface area contributed by atoms with Crippen LogP contribution in [-0.2, 0) is 11.3 Å². The molecule has 0 saturated carbocycles. The van der Waals surface area contributed by atoms with Gasteiger partial charge >= 0.3 is 0 Å². The number of alkyl halides is 2. The van der Waals surface area contributed by atoms with E-state index in [1.54, 1.807) is 30.3 Å². The van der Waals surface area contributed by atoms with Gasteiger partial charge in [0.05, 0.1) is 18.0 Å². The molecule has 4 heterocycles. The van der Waals surface area contributed by atoms with Gasteiger partial charge in [-0.1, -0.05) is 11.3 Å². The minimum atomic E-state index is -2.53. The van der Waals surface area contributed by atoms with Gasteiger partial charge in [-0.05, 0) is 24.1 Å². The monoisotopic (exact) mass is 456 g/mol. The van der Waals surface area contributed by atoms with Crippen LogP contribution in [0.2, 0.25) is 0 Å². The van der Waals surface area contributed by atoms with Crippen molar-refractivity contribution >= 4 is 33.9 Å². The van der Waals surface area contributed by atoms with Gasteiger partial charge in [0.2, 0.25) is 17.7 Å². The van der Waals surface area contributed by atoms with Crippen molar-refractivity contribution in [2.75, 3.05) is 26.0 Å². The van der Waals surface area contributed by atoms with E-state index in [1.807, 2.05) is 6.07 Å². The number of likely N-dealkylation sites (tertiary alicyclic amines) is 1. The molecule has 0 radical (unpaired) electrons. The summed E-state index contributed by atoms with van der Waals surface area (Å²) in [7, 11) is 3.30. The maximum Gasteiger partial charge on any atom is 0.258 e. The average Bonchev–Trinajstić information content (AvgIpc) is 3.39. The lowest BCUT2D eigenvalue weighted by molar-refractivity contribution is -0.132.